The van der Waals surface area contributed by atoms with Gasteiger partial charge in [-0.15, -0.1) is 0 Å². The summed E-state index contributed by atoms with van der Waals surface area (Å²) < 4.78 is 13.3. The maximum atomic E-state index is 12.4. The molecule has 0 aromatic carbocycles. The van der Waals surface area contributed by atoms with Gasteiger partial charge in [-0.2, -0.15) is 5.10 Å². The van der Waals surface area contributed by atoms with Crippen LogP contribution in [0.5, 0.6) is 0 Å². The van der Waals surface area contributed by atoms with E-state index in [0.29, 0.717) is 24.8 Å². The molecule has 3 aliphatic rings. The average molecular weight is 334 g/mol. The van der Waals surface area contributed by atoms with E-state index in [9.17, 15) is 9.59 Å². The Balaban J connectivity index is 1.36. The number of rotatable bonds is 4. The summed E-state index contributed by atoms with van der Waals surface area (Å²) in [5.74, 6) is -0.273. The van der Waals surface area contributed by atoms with Gasteiger partial charge in [-0.3, -0.25) is 14.3 Å². The van der Waals surface area contributed by atoms with Crippen molar-refractivity contribution in [1.29, 1.82) is 0 Å². The van der Waals surface area contributed by atoms with Gasteiger partial charge in [0.2, 0.25) is 5.91 Å². The van der Waals surface area contributed by atoms with E-state index in [1.165, 1.54) is 13.3 Å². The van der Waals surface area contributed by atoms with Crippen LogP contribution in [0, 0.1) is 0 Å². The van der Waals surface area contributed by atoms with Crippen LogP contribution in [0.1, 0.15) is 42.6 Å². The van der Waals surface area contributed by atoms with Gasteiger partial charge >= 0.3 is 0 Å². The Morgan fingerprint density at radius 3 is 2.42 bits per heavy atom. The molecule has 3 heterocycles. The average Bonchev–Trinajstić information content (AvgIpc) is 3.16. The number of fused-ring (bicyclic) bond motifs is 1. The zero-order valence-electron chi connectivity index (χ0n) is 13.6. The van der Waals surface area contributed by atoms with E-state index in [2.05, 4.69) is 15.7 Å². The SMILES string of the molecule is CC(=O)N[C@H]1CO[C@H]2[C@@H]1OC[C@@H]2NC(=O)c1cnn(C2CCC2)c1. The third-order valence-corrected chi connectivity index (χ3v) is 5.07. The standard InChI is InChI=1S/C16H22N4O4/c1-9(21)18-12-7-23-15-13(8-24-14(12)15)19-16(22)10-5-17-20(6-10)11-3-2-4-11/h5-6,11-15H,2-4,7-8H2,1H3,(H,18,21)(H,19,22)/t12-,13-,14+,15+/m0/s1. The summed E-state index contributed by atoms with van der Waals surface area (Å²) in [6.07, 6.45) is 6.45. The summed E-state index contributed by atoms with van der Waals surface area (Å²) in [6, 6.07) is 0.0615. The van der Waals surface area contributed by atoms with E-state index in [0.717, 1.165) is 12.8 Å². The number of hydrogen-bond acceptors (Lipinski definition) is 5. The molecule has 2 N–H and O–H groups in total. The number of hydrogen-bond donors (Lipinski definition) is 2. The lowest BCUT2D eigenvalue weighted by Gasteiger charge is -2.25. The number of aromatic nitrogens is 2. The van der Waals surface area contributed by atoms with Crippen molar-refractivity contribution in [2.45, 2.75) is 56.5 Å². The fourth-order valence-corrected chi connectivity index (χ4v) is 3.57. The molecule has 8 heteroatoms. The Morgan fingerprint density at radius 1 is 1.17 bits per heavy atom. The van der Waals surface area contributed by atoms with Crippen LogP contribution in [0.4, 0.5) is 0 Å². The topological polar surface area (TPSA) is 94.5 Å². The van der Waals surface area contributed by atoms with E-state index < -0.39 is 0 Å². The molecule has 2 amide bonds. The predicted octanol–water partition coefficient (Wildman–Crippen LogP) is 0.00880. The minimum Gasteiger partial charge on any atom is -0.371 e. The third kappa shape index (κ3) is 2.80. The van der Waals surface area contributed by atoms with Crippen LogP contribution in [0.3, 0.4) is 0 Å². The first-order valence-corrected chi connectivity index (χ1v) is 8.47. The molecule has 2 saturated heterocycles. The molecule has 3 fully saturated rings. The Labute approximate surface area is 139 Å². The number of carbonyl (C=O) groups is 2. The Morgan fingerprint density at radius 2 is 1.83 bits per heavy atom. The second-order valence-electron chi connectivity index (χ2n) is 6.78. The molecule has 0 radical (unpaired) electrons. The quantitative estimate of drug-likeness (QED) is 0.809. The molecule has 0 bridgehead atoms. The number of nitrogens with one attached hydrogen (secondary N) is 2. The molecule has 8 nitrogen and oxygen atoms in total. The summed E-state index contributed by atoms with van der Waals surface area (Å²) in [4.78, 5) is 23.7. The lowest BCUT2D eigenvalue weighted by Crippen LogP contribution is -2.46. The highest BCUT2D eigenvalue weighted by Crippen LogP contribution is 2.31. The zero-order chi connectivity index (χ0) is 16.7. The van der Waals surface area contributed by atoms with E-state index in [1.54, 1.807) is 6.20 Å². The highest BCUT2D eigenvalue weighted by molar-refractivity contribution is 5.94. The second-order valence-corrected chi connectivity index (χ2v) is 6.78. The van der Waals surface area contributed by atoms with Crippen LogP contribution < -0.4 is 10.6 Å². The maximum Gasteiger partial charge on any atom is 0.254 e. The molecule has 4 atom stereocenters. The van der Waals surface area contributed by atoms with Crippen molar-refractivity contribution in [3.8, 4) is 0 Å². The summed E-state index contributed by atoms with van der Waals surface area (Å²) in [5, 5.41) is 10.1. The van der Waals surface area contributed by atoms with Crippen LogP contribution in [0.25, 0.3) is 0 Å². The first-order chi connectivity index (χ1) is 11.6. The van der Waals surface area contributed by atoms with Crippen LogP contribution in [-0.4, -0.2) is 59.1 Å². The normalized spacial score (nSPS) is 32.2. The molecular formula is C16H22N4O4. The van der Waals surface area contributed by atoms with Gasteiger partial charge in [0.1, 0.15) is 12.2 Å². The van der Waals surface area contributed by atoms with Crippen LogP contribution in [0.2, 0.25) is 0 Å². The summed E-state index contributed by atoms with van der Waals surface area (Å²) >= 11 is 0. The van der Waals surface area contributed by atoms with Crippen molar-refractivity contribution in [3.63, 3.8) is 0 Å². The molecule has 2 aliphatic heterocycles. The summed E-state index contributed by atoms with van der Waals surface area (Å²) in [5.41, 5.74) is 0.557. The molecule has 1 aromatic rings. The lowest BCUT2D eigenvalue weighted by molar-refractivity contribution is -0.120. The fourth-order valence-electron chi connectivity index (χ4n) is 3.57. The molecular weight excluding hydrogens is 312 g/mol. The number of nitrogens with zero attached hydrogens (tertiary/aromatic N) is 2. The second kappa shape index (κ2) is 6.18. The van der Waals surface area contributed by atoms with E-state index in [4.69, 9.17) is 9.47 Å². The van der Waals surface area contributed by atoms with E-state index >= 15 is 0 Å². The minimum atomic E-state index is -0.229. The van der Waals surface area contributed by atoms with Gasteiger partial charge in [-0.05, 0) is 19.3 Å². The maximum absolute atomic E-state index is 12.4. The Kier molecular flexibility index (Phi) is 4.01. The van der Waals surface area contributed by atoms with Gasteiger partial charge in [-0.25, -0.2) is 0 Å². The fraction of sp³-hybridized carbons (Fsp3) is 0.688. The highest BCUT2D eigenvalue weighted by atomic mass is 16.6. The van der Waals surface area contributed by atoms with Crippen molar-refractivity contribution < 1.29 is 19.1 Å². The molecule has 1 saturated carbocycles. The Bertz CT molecular complexity index is 642. The van der Waals surface area contributed by atoms with Crippen molar-refractivity contribution in [2.24, 2.45) is 0 Å². The zero-order valence-corrected chi connectivity index (χ0v) is 13.6. The molecule has 0 unspecified atom stereocenters. The summed E-state index contributed by atoms with van der Waals surface area (Å²) in [7, 11) is 0. The molecule has 0 spiro atoms. The summed E-state index contributed by atoms with van der Waals surface area (Å²) in [6.45, 7) is 2.26. The van der Waals surface area contributed by atoms with Crippen molar-refractivity contribution >= 4 is 11.8 Å². The molecule has 1 aromatic heterocycles. The van der Waals surface area contributed by atoms with Crippen LogP contribution >= 0.6 is 0 Å². The monoisotopic (exact) mass is 334 g/mol. The van der Waals surface area contributed by atoms with Gasteiger partial charge in [0.25, 0.3) is 5.91 Å². The lowest BCUT2D eigenvalue weighted by atomic mass is 9.93. The van der Waals surface area contributed by atoms with Gasteiger partial charge in [0, 0.05) is 13.1 Å². The largest absolute Gasteiger partial charge is 0.371 e. The van der Waals surface area contributed by atoms with Crippen molar-refractivity contribution in [1.82, 2.24) is 20.4 Å². The van der Waals surface area contributed by atoms with Gasteiger partial charge in [0.15, 0.2) is 0 Å². The molecule has 1 aliphatic carbocycles. The number of amides is 2. The molecule has 130 valence electrons. The highest BCUT2D eigenvalue weighted by Gasteiger charge is 2.48. The first kappa shape index (κ1) is 15.6. The van der Waals surface area contributed by atoms with Crippen molar-refractivity contribution in [3.05, 3.63) is 18.0 Å². The molecule has 4 rings (SSSR count). The van der Waals surface area contributed by atoms with E-state index in [1.807, 2.05) is 10.9 Å². The Hall–Kier alpha value is -1.93. The van der Waals surface area contributed by atoms with Gasteiger partial charge in [0.05, 0.1) is 43.1 Å². The number of ether oxygens (including phenoxy) is 2. The number of carbonyl (C=O) groups excluding carboxylic acids is 2. The molecule has 24 heavy (non-hydrogen) atoms. The van der Waals surface area contributed by atoms with Gasteiger partial charge in [-0.1, -0.05) is 0 Å². The first-order valence-electron chi connectivity index (χ1n) is 8.47. The minimum absolute atomic E-state index is 0.108. The smallest absolute Gasteiger partial charge is 0.254 e. The van der Waals surface area contributed by atoms with Gasteiger partial charge < -0.3 is 20.1 Å². The van der Waals surface area contributed by atoms with Crippen LogP contribution in [-0.2, 0) is 14.3 Å². The third-order valence-electron chi connectivity index (χ3n) is 5.07. The van der Waals surface area contributed by atoms with Crippen molar-refractivity contribution in [2.75, 3.05) is 13.2 Å². The van der Waals surface area contributed by atoms with Crippen LogP contribution in [0.15, 0.2) is 12.4 Å². The predicted molar refractivity (Wildman–Crippen MR) is 83.5 cm³/mol. The van der Waals surface area contributed by atoms with E-state index in [-0.39, 0.29) is 36.1 Å².